The molecule has 1 aromatic heterocycles. The fraction of sp³-hybridized carbons (Fsp3) is 0.357. The summed E-state index contributed by atoms with van der Waals surface area (Å²) in [5, 5.41) is 12.5. The van der Waals surface area contributed by atoms with E-state index >= 15 is 0 Å². The van der Waals surface area contributed by atoms with Gasteiger partial charge in [0.25, 0.3) is 5.91 Å². The number of ether oxygens (including phenoxy) is 1. The smallest absolute Gasteiger partial charge is 0.267 e. The van der Waals surface area contributed by atoms with Gasteiger partial charge in [0.15, 0.2) is 6.10 Å². The van der Waals surface area contributed by atoms with Crippen molar-refractivity contribution in [3.05, 3.63) is 34.8 Å². The molecule has 0 spiro atoms. The van der Waals surface area contributed by atoms with E-state index in [1.54, 1.807) is 0 Å². The second-order valence-electron chi connectivity index (χ2n) is 5.13. The third-order valence-electron chi connectivity index (χ3n) is 3.54. The van der Waals surface area contributed by atoms with E-state index < -0.39 is 6.10 Å². The number of nitrogens with one attached hydrogen (secondary N) is 1. The largest absolute Gasteiger partial charge is 0.480 e. The van der Waals surface area contributed by atoms with Gasteiger partial charge in [-0.3, -0.25) is 10.1 Å². The maximum atomic E-state index is 12.2. The number of nitrogens with zero attached hydrogens (tertiary/aromatic N) is 2. The van der Waals surface area contributed by atoms with E-state index in [1.165, 1.54) is 24.2 Å². The molecule has 1 atom stereocenters. The third kappa shape index (κ3) is 2.16. The lowest BCUT2D eigenvalue weighted by molar-refractivity contribution is -0.122. The number of rotatable bonds is 3. The van der Waals surface area contributed by atoms with Crippen LogP contribution >= 0.6 is 11.3 Å². The van der Waals surface area contributed by atoms with E-state index in [4.69, 9.17) is 4.74 Å². The molecule has 0 saturated heterocycles. The molecule has 1 aliphatic heterocycles. The number of hydrogen-bond acceptors (Lipinski definition) is 5. The molecule has 4 rings (SSSR count). The van der Waals surface area contributed by atoms with Crippen molar-refractivity contribution >= 4 is 22.4 Å². The summed E-state index contributed by atoms with van der Waals surface area (Å²) >= 11 is 1.46. The highest BCUT2D eigenvalue weighted by atomic mass is 32.1. The van der Waals surface area contributed by atoms with Gasteiger partial charge in [0.05, 0.1) is 0 Å². The molecular weight excluding hydrogens is 274 g/mol. The molecule has 2 aromatic rings. The second kappa shape index (κ2) is 4.56. The van der Waals surface area contributed by atoms with Crippen LogP contribution in [0.25, 0.3) is 0 Å². The van der Waals surface area contributed by atoms with Gasteiger partial charge in [-0.25, -0.2) is 0 Å². The highest BCUT2D eigenvalue weighted by molar-refractivity contribution is 7.15. The molecular formula is C14H13N3O2S. The molecule has 1 saturated carbocycles. The van der Waals surface area contributed by atoms with Crippen molar-refractivity contribution < 1.29 is 9.53 Å². The number of para-hydroxylation sites is 1. The summed E-state index contributed by atoms with van der Waals surface area (Å²) in [6.45, 7) is 0. The predicted molar refractivity (Wildman–Crippen MR) is 75.1 cm³/mol. The monoisotopic (exact) mass is 287 g/mol. The summed E-state index contributed by atoms with van der Waals surface area (Å²) in [7, 11) is 0. The molecule has 20 heavy (non-hydrogen) atoms. The lowest BCUT2D eigenvalue weighted by Crippen LogP contribution is -2.31. The first-order valence-electron chi connectivity index (χ1n) is 6.68. The Morgan fingerprint density at radius 1 is 1.30 bits per heavy atom. The highest BCUT2D eigenvalue weighted by Gasteiger charge is 2.31. The first-order valence-corrected chi connectivity index (χ1v) is 7.50. The van der Waals surface area contributed by atoms with Crippen LogP contribution in [0.5, 0.6) is 5.75 Å². The summed E-state index contributed by atoms with van der Waals surface area (Å²) in [5.41, 5.74) is 1.07. The van der Waals surface area contributed by atoms with E-state index in [9.17, 15) is 4.79 Å². The minimum Gasteiger partial charge on any atom is -0.480 e. The van der Waals surface area contributed by atoms with Crippen molar-refractivity contribution in [2.45, 2.75) is 31.3 Å². The molecule has 0 bridgehead atoms. The zero-order valence-corrected chi connectivity index (χ0v) is 11.5. The Balaban J connectivity index is 1.43. The Morgan fingerprint density at radius 2 is 2.15 bits per heavy atom. The molecule has 0 radical (unpaired) electrons. The number of fused-ring (bicyclic) bond motifs is 1. The zero-order chi connectivity index (χ0) is 13.5. The molecule has 1 amide bonds. The van der Waals surface area contributed by atoms with Gasteiger partial charge >= 0.3 is 0 Å². The molecule has 1 N–H and O–H groups in total. The van der Waals surface area contributed by atoms with E-state index in [0.717, 1.165) is 16.3 Å². The Kier molecular flexibility index (Phi) is 2.70. The number of benzene rings is 1. The van der Waals surface area contributed by atoms with Crippen molar-refractivity contribution in [2.24, 2.45) is 0 Å². The van der Waals surface area contributed by atoms with Crippen LogP contribution in [0.15, 0.2) is 24.3 Å². The fourth-order valence-electron chi connectivity index (χ4n) is 2.29. The molecule has 2 heterocycles. The lowest BCUT2D eigenvalue weighted by atomic mass is 10.1. The Hall–Kier alpha value is -1.95. The van der Waals surface area contributed by atoms with E-state index in [2.05, 4.69) is 15.5 Å². The van der Waals surface area contributed by atoms with Crippen molar-refractivity contribution in [2.75, 3.05) is 5.32 Å². The summed E-state index contributed by atoms with van der Waals surface area (Å²) in [5.74, 6) is 1.20. The van der Waals surface area contributed by atoms with Gasteiger partial charge in [0.2, 0.25) is 5.13 Å². The average molecular weight is 287 g/mol. The third-order valence-corrected chi connectivity index (χ3v) is 4.54. The normalized spacial score (nSPS) is 20.3. The van der Waals surface area contributed by atoms with Crippen LogP contribution in [-0.2, 0) is 11.2 Å². The van der Waals surface area contributed by atoms with Gasteiger partial charge in [-0.2, -0.15) is 0 Å². The van der Waals surface area contributed by atoms with E-state index in [1.807, 2.05) is 24.3 Å². The first-order chi connectivity index (χ1) is 9.79. The van der Waals surface area contributed by atoms with Gasteiger partial charge in [-0.05, 0) is 24.5 Å². The number of anilines is 1. The van der Waals surface area contributed by atoms with Gasteiger partial charge in [-0.15, -0.1) is 10.2 Å². The topological polar surface area (TPSA) is 64.1 Å². The molecule has 5 nitrogen and oxygen atoms in total. The standard InChI is InChI=1S/C14H13N3O2S/c18-12(11-7-9-3-1-2-4-10(9)19-11)15-14-17-16-13(20-14)8-5-6-8/h1-4,8,11H,5-7H2,(H,15,17,18)/t11-/m0/s1. The zero-order valence-electron chi connectivity index (χ0n) is 10.7. The maximum Gasteiger partial charge on any atom is 0.267 e. The second-order valence-corrected chi connectivity index (χ2v) is 6.14. The average Bonchev–Trinajstić information content (AvgIpc) is 3.04. The van der Waals surface area contributed by atoms with Crippen LogP contribution in [0, 0.1) is 0 Å². The van der Waals surface area contributed by atoms with Crippen LogP contribution in [0.2, 0.25) is 0 Å². The highest BCUT2D eigenvalue weighted by Crippen LogP contribution is 2.42. The van der Waals surface area contributed by atoms with Crippen molar-refractivity contribution in [1.82, 2.24) is 10.2 Å². The number of amides is 1. The lowest BCUT2D eigenvalue weighted by Gasteiger charge is -2.08. The number of carbonyl (C=O) groups excluding carboxylic acids is 1. The Morgan fingerprint density at radius 3 is 2.95 bits per heavy atom. The van der Waals surface area contributed by atoms with Crippen LogP contribution in [-0.4, -0.2) is 22.2 Å². The summed E-state index contributed by atoms with van der Waals surface area (Å²) in [6, 6.07) is 7.73. The number of aromatic nitrogens is 2. The minimum atomic E-state index is -0.472. The molecule has 2 aliphatic rings. The molecule has 1 fully saturated rings. The summed E-state index contributed by atoms with van der Waals surface area (Å²) in [4.78, 5) is 12.2. The van der Waals surface area contributed by atoms with Crippen LogP contribution in [0.4, 0.5) is 5.13 Å². The first kappa shape index (κ1) is 11.8. The van der Waals surface area contributed by atoms with Crippen LogP contribution in [0.3, 0.4) is 0 Å². The molecule has 0 unspecified atom stereocenters. The Bertz CT molecular complexity index is 641. The number of hydrogen-bond donors (Lipinski definition) is 1. The van der Waals surface area contributed by atoms with Crippen LogP contribution in [0.1, 0.15) is 29.3 Å². The van der Waals surface area contributed by atoms with E-state index in [-0.39, 0.29) is 5.91 Å². The Labute approximate surface area is 120 Å². The predicted octanol–water partition coefficient (Wildman–Crippen LogP) is 2.36. The number of carbonyl (C=O) groups is 1. The maximum absolute atomic E-state index is 12.2. The quantitative estimate of drug-likeness (QED) is 0.941. The van der Waals surface area contributed by atoms with Gasteiger partial charge in [0, 0.05) is 12.3 Å². The summed E-state index contributed by atoms with van der Waals surface area (Å²) < 4.78 is 5.65. The van der Waals surface area contributed by atoms with Crippen molar-refractivity contribution in [3.63, 3.8) is 0 Å². The van der Waals surface area contributed by atoms with Gasteiger partial charge < -0.3 is 4.74 Å². The SMILES string of the molecule is O=C(Nc1nnc(C2CC2)s1)[C@@H]1Cc2ccccc2O1. The van der Waals surface area contributed by atoms with Gasteiger partial charge in [-0.1, -0.05) is 29.5 Å². The molecule has 6 heteroatoms. The molecule has 1 aliphatic carbocycles. The summed E-state index contributed by atoms with van der Waals surface area (Å²) in [6.07, 6.45) is 2.50. The van der Waals surface area contributed by atoms with Crippen molar-refractivity contribution in [3.8, 4) is 5.75 Å². The van der Waals surface area contributed by atoms with E-state index in [0.29, 0.717) is 17.5 Å². The van der Waals surface area contributed by atoms with Crippen molar-refractivity contribution in [1.29, 1.82) is 0 Å². The molecule has 102 valence electrons. The molecule has 1 aromatic carbocycles. The van der Waals surface area contributed by atoms with Gasteiger partial charge in [0.1, 0.15) is 10.8 Å². The minimum absolute atomic E-state index is 0.153. The van der Waals surface area contributed by atoms with Crippen LogP contribution < -0.4 is 10.1 Å². The fourth-order valence-corrected chi connectivity index (χ4v) is 3.21.